The molecule has 4 nitrogen and oxygen atoms in total. The van der Waals surface area contributed by atoms with E-state index in [1.54, 1.807) is 0 Å². The first-order valence-electron chi connectivity index (χ1n) is 6.22. The summed E-state index contributed by atoms with van der Waals surface area (Å²) in [6, 6.07) is 7.57. The predicted octanol–water partition coefficient (Wildman–Crippen LogP) is 1.70. The van der Waals surface area contributed by atoms with Crippen LogP contribution in [0.5, 0.6) is 0 Å². The van der Waals surface area contributed by atoms with E-state index in [0.717, 1.165) is 24.2 Å². The number of anilines is 1. The maximum atomic E-state index is 11.5. The van der Waals surface area contributed by atoms with Crippen molar-refractivity contribution in [3.05, 3.63) is 29.8 Å². The van der Waals surface area contributed by atoms with Crippen molar-refractivity contribution in [3.63, 3.8) is 0 Å². The molecule has 0 aromatic heterocycles. The van der Waals surface area contributed by atoms with Gasteiger partial charge in [-0.1, -0.05) is 12.1 Å². The van der Waals surface area contributed by atoms with Gasteiger partial charge < -0.3 is 15.4 Å². The summed E-state index contributed by atoms with van der Waals surface area (Å²) in [5.41, 5.74) is 7.44. The van der Waals surface area contributed by atoms with Gasteiger partial charge in [-0.05, 0) is 44.6 Å². The van der Waals surface area contributed by atoms with Gasteiger partial charge in [0.15, 0.2) is 0 Å². The van der Waals surface area contributed by atoms with Crippen LogP contribution in [0.1, 0.15) is 18.4 Å². The number of benzene rings is 1. The molecule has 1 aromatic carbocycles. The van der Waals surface area contributed by atoms with E-state index in [1.165, 1.54) is 0 Å². The smallest absolute Gasteiger partial charge is 0.306 e. The van der Waals surface area contributed by atoms with Gasteiger partial charge >= 0.3 is 5.97 Å². The Hall–Kier alpha value is -1.55. The molecule has 0 fully saturated rings. The van der Waals surface area contributed by atoms with Gasteiger partial charge in [-0.15, -0.1) is 0 Å². The molecule has 0 radical (unpaired) electrons. The fourth-order valence-electron chi connectivity index (χ4n) is 1.57. The molecule has 100 valence electrons. The molecule has 0 aliphatic carbocycles. The van der Waals surface area contributed by atoms with Crippen LogP contribution >= 0.6 is 0 Å². The number of nitrogens with zero attached hydrogens (tertiary/aromatic N) is 1. The minimum absolute atomic E-state index is 0.134. The van der Waals surface area contributed by atoms with E-state index >= 15 is 0 Å². The molecule has 1 rings (SSSR count). The summed E-state index contributed by atoms with van der Waals surface area (Å²) in [6.07, 6.45) is 2.00. The lowest BCUT2D eigenvalue weighted by Crippen LogP contribution is -2.16. The Bertz CT molecular complexity index is 361. The Morgan fingerprint density at radius 3 is 2.56 bits per heavy atom. The van der Waals surface area contributed by atoms with E-state index in [2.05, 4.69) is 4.90 Å². The van der Waals surface area contributed by atoms with Gasteiger partial charge in [0.1, 0.15) is 0 Å². The number of nitrogens with two attached hydrogens (primary N) is 1. The van der Waals surface area contributed by atoms with Crippen LogP contribution in [0.3, 0.4) is 0 Å². The first kappa shape index (κ1) is 14.5. The molecule has 0 atom stereocenters. The second kappa shape index (κ2) is 7.71. The van der Waals surface area contributed by atoms with E-state index in [0.29, 0.717) is 19.4 Å². The molecule has 4 heteroatoms. The van der Waals surface area contributed by atoms with Crippen molar-refractivity contribution in [1.29, 1.82) is 0 Å². The van der Waals surface area contributed by atoms with Crippen LogP contribution in [0.15, 0.2) is 24.3 Å². The molecule has 2 N–H and O–H groups in total. The minimum atomic E-state index is -0.134. The minimum Gasteiger partial charge on any atom is -0.466 e. The number of carbonyl (C=O) groups excluding carboxylic acids is 1. The van der Waals surface area contributed by atoms with Crippen LogP contribution in [0.2, 0.25) is 0 Å². The van der Waals surface area contributed by atoms with E-state index in [9.17, 15) is 4.79 Å². The number of hydrogen-bond acceptors (Lipinski definition) is 4. The zero-order valence-corrected chi connectivity index (χ0v) is 11.2. The standard InChI is InChI=1S/C14H22N2O2/c1-16(2)10-3-11-18-14(17)9-6-12-4-7-13(15)8-5-12/h4-5,7-8H,3,6,9-11,15H2,1-2H3. The van der Waals surface area contributed by atoms with E-state index in [1.807, 2.05) is 38.4 Å². The van der Waals surface area contributed by atoms with Crippen LogP contribution in [0, 0.1) is 0 Å². The van der Waals surface area contributed by atoms with Crippen molar-refractivity contribution < 1.29 is 9.53 Å². The Balaban J connectivity index is 2.15. The molecule has 0 saturated heterocycles. The van der Waals surface area contributed by atoms with Gasteiger partial charge in [-0.3, -0.25) is 4.79 Å². The Kier molecular flexibility index (Phi) is 6.22. The number of hydrogen-bond donors (Lipinski definition) is 1. The predicted molar refractivity (Wildman–Crippen MR) is 73.3 cm³/mol. The summed E-state index contributed by atoms with van der Waals surface area (Å²) in [5, 5.41) is 0. The highest BCUT2D eigenvalue weighted by Crippen LogP contribution is 2.08. The van der Waals surface area contributed by atoms with Crippen LogP contribution in [0.4, 0.5) is 5.69 Å². The van der Waals surface area contributed by atoms with Crippen molar-refractivity contribution in [1.82, 2.24) is 4.90 Å². The van der Waals surface area contributed by atoms with Gasteiger partial charge in [0.2, 0.25) is 0 Å². The number of rotatable bonds is 7. The first-order chi connectivity index (χ1) is 8.58. The lowest BCUT2D eigenvalue weighted by Gasteiger charge is -2.09. The molecule has 0 bridgehead atoms. The average Bonchev–Trinajstić information content (AvgIpc) is 2.34. The van der Waals surface area contributed by atoms with Gasteiger partial charge in [-0.2, -0.15) is 0 Å². The highest BCUT2D eigenvalue weighted by atomic mass is 16.5. The number of aryl methyl sites for hydroxylation is 1. The molecule has 0 unspecified atom stereocenters. The van der Waals surface area contributed by atoms with E-state index in [4.69, 9.17) is 10.5 Å². The topological polar surface area (TPSA) is 55.6 Å². The first-order valence-corrected chi connectivity index (χ1v) is 6.22. The number of carbonyl (C=O) groups is 1. The van der Waals surface area contributed by atoms with Crippen LogP contribution in [-0.2, 0) is 16.0 Å². The van der Waals surface area contributed by atoms with E-state index in [-0.39, 0.29) is 5.97 Å². The Morgan fingerprint density at radius 1 is 1.28 bits per heavy atom. The maximum Gasteiger partial charge on any atom is 0.306 e. The zero-order valence-electron chi connectivity index (χ0n) is 11.2. The Labute approximate surface area is 109 Å². The highest BCUT2D eigenvalue weighted by molar-refractivity contribution is 5.69. The van der Waals surface area contributed by atoms with Crippen molar-refractivity contribution >= 4 is 11.7 Å². The number of nitrogen functional groups attached to an aromatic ring is 1. The van der Waals surface area contributed by atoms with Crippen molar-refractivity contribution in [2.45, 2.75) is 19.3 Å². The van der Waals surface area contributed by atoms with Gasteiger partial charge in [0.05, 0.1) is 6.61 Å². The van der Waals surface area contributed by atoms with Gasteiger partial charge in [-0.25, -0.2) is 0 Å². The molecular formula is C14H22N2O2. The molecule has 0 aliphatic rings. The van der Waals surface area contributed by atoms with Gasteiger partial charge in [0, 0.05) is 18.7 Å². The van der Waals surface area contributed by atoms with Crippen molar-refractivity contribution in [3.8, 4) is 0 Å². The molecule has 0 aliphatic heterocycles. The summed E-state index contributed by atoms with van der Waals surface area (Å²) in [4.78, 5) is 13.5. The van der Waals surface area contributed by atoms with Crippen molar-refractivity contribution in [2.24, 2.45) is 0 Å². The average molecular weight is 250 g/mol. The normalized spacial score (nSPS) is 10.6. The number of esters is 1. The molecule has 0 saturated carbocycles. The van der Waals surface area contributed by atoms with Crippen LogP contribution < -0.4 is 5.73 Å². The zero-order chi connectivity index (χ0) is 13.4. The second-order valence-corrected chi connectivity index (χ2v) is 4.62. The third kappa shape index (κ3) is 6.25. The quantitative estimate of drug-likeness (QED) is 0.454. The summed E-state index contributed by atoms with van der Waals surface area (Å²) < 4.78 is 5.15. The summed E-state index contributed by atoms with van der Waals surface area (Å²) in [6.45, 7) is 1.43. The monoisotopic (exact) mass is 250 g/mol. The highest BCUT2D eigenvalue weighted by Gasteiger charge is 2.03. The van der Waals surface area contributed by atoms with Crippen LogP contribution in [0.25, 0.3) is 0 Å². The molecule has 1 aromatic rings. The van der Waals surface area contributed by atoms with Crippen molar-refractivity contribution in [2.75, 3.05) is 33.0 Å². The largest absolute Gasteiger partial charge is 0.466 e. The lowest BCUT2D eigenvalue weighted by molar-refractivity contribution is -0.143. The molecular weight excluding hydrogens is 228 g/mol. The second-order valence-electron chi connectivity index (χ2n) is 4.62. The van der Waals surface area contributed by atoms with E-state index < -0.39 is 0 Å². The fourth-order valence-corrected chi connectivity index (χ4v) is 1.57. The third-order valence-corrected chi connectivity index (χ3v) is 2.61. The maximum absolute atomic E-state index is 11.5. The third-order valence-electron chi connectivity index (χ3n) is 2.61. The summed E-state index contributed by atoms with van der Waals surface area (Å²) in [7, 11) is 4.01. The Morgan fingerprint density at radius 2 is 1.94 bits per heavy atom. The number of ether oxygens (including phenoxy) is 1. The summed E-state index contributed by atoms with van der Waals surface area (Å²) in [5.74, 6) is -0.134. The summed E-state index contributed by atoms with van der Waals surface area (Å²) >= 11 is 0. The van der Waals surface area contributed by atoms with Crippen LogP contribution in [-0.4, -0.2) is 38.1 Å². The molecule has 18 heavy (non-hydrogen) atoms. The molecule has 0 heterocycles. The van der Waals surface area contributed by atoms with Gasteiger partial charge in [0.25, 0.3) is 0 Å². The SMILES string of the molecule is CN(C)CCCOC(=O)CCc1ccc(N)cc1. The fraction of sp³-hybridized carbons (Fsp3) is 0.500. The molecule has 0 spiro atoms. The lowest BCUT2D eigenvalue weighted by atomic mass is 10.1. The molecule has 0 amide bonds.